The van der Waals surface area contributed by atoms with Crippen molar-refractivity contribution >= 4 is 11.7 Å². The molecule has 2 aliphatic rings. The average Bonchev–Trinajstić information content (AvgIpc) is 2.90. The monoisotopic (exact) mass is 492 g/mol. The van der Waals surface area contributed by atoms with Crippen molar-refractivity contribution < 1.29 is 18.7 Å². The lowest BCUT2D eigenvalue weighted by atomic mass is 9.92. The Balaban J connectivity index is 1.18. The Hall–Kier alpha value is -3.82. The van der Waals surface area contributed by atoms with Gasteiger partial charge in [-0.25, -0.2) is 9.37 Å². The van der Waals surface area contributed by atoms with Gasteiger partial charge in [0.1, 0.15) is 11.9 Å². The highest BCUT2D eigenvalue weighted by Crippen LogP contribution is 2.26. The Morgan fingerprint density at radius 2 is 2.08 bits per heavy atom. The number of rotatable bonds is 6. The van der Waals surface area contributed by atoms with Gasteiger partial charge >= 0.3 is 0 Å². The highest BCUT2D eigenvalue weighted by Gasteiger charge is 2.32. The number of hydrogen-bond donors (Lipinski definition) is 1. The van der Waals surface area contributed by atoms with Gasteiger partial charge in [-0.05, 0) is 55.5 Å². The van der Waals surface area contributed by atoms with Gasteiger partial charge in [0, 0.05) is 37.0 Å². The maximum Gasteiger partial charge on any atom is 0.272 e. The molecule has 9 nitrogen and oxygen atoms in total. The van der Waals surface area contributed by atoms with E-state index in [2.05, 4.69) is 31.5 Å². The number of carbonyl (C=O) groups is 1. The minimum absolute atomic E-state index is 0.0307. The van der Waals surface area contributed by atoms with Crippen LogP contribution in [0.4, 0.5) is 10.2 Å². The molecule has 0 saturated carbocycles. The van der Waals surface area contributed by atoms with Crippen molar-refractivity contribution in [2.24, 2.45) is 0 Å². The van der Waals surface area contributed by atoms with E-state index in [1.807, 2.05) is 17.9 Å². The van der Waals surface area contributed by atoms with Gasteiger partial charge in [0.25, 0.3) is 5.91 Å². The van der Waals surface area contributed by atoms with Gasteiger partial charge in [-0.3, -0.25) is 9.78 Å². The zero-order chi connectivity index (χ0) is 25.1. The van der Waals surface area contributed by atoms with Crippen molar-refractivity contribution in [3.05, 3.63) is 65.2 Å². The zero-order valence-electron chi connectivity index (χ0n) is 20.4. The molecule has 1 aliphatic heterocycles. The first-order valence-electron chi connectivity index (χ1n) is 12.1. The van der Waals surface area contributed by atoms with Gasteiger partial charge in [0.2, 0.25) is 5.88 Å². The number of halogens is 1. The molecule has 1 amide bonds. The van der Waals surface area contributed by atoms with Gasteiger partial charge in [-0.2, -0.15) is 0 Å². The number of pyridine rings is 2. The summed E-state index contributed by atoms with van der Waals surface area (Å²) in [5.41, 5.74) is 3.31. The fourth-order valence-corrected chi connectivity index (χ4v) is 4.79. The third-order valence-corrected chi connectivity index (χ3v) is 6.69. The number of carbonyl (C=O) groups excluding carboxylic acids is 1. The molecule has 1 unspecified atom stereocenters. The van der Waals surface area contributed by atoms with Gasteiger partial charge < -0.3 is 19.7 Å². The van der Waals surface area contributed by atoms with Crippen LogP contribution in [0.5, 0.6) is 11.6 Å². The van der Waals surface area contributed by atoms with Crippen LogP contribution in [-0.4, -0.2) is 64.6 Å². The first-order chi connectivity index (χ1) is 17.5. The van der Waals surface area contributed by atoms with Crippen molar-refractivity contribution in [1.82, 2.24) is 25.5 Å². The van der Waals surface area contributed by atoms with Crippen molar-refractivity contribution in [3.8, 4) is 11.6 Å². The highest BCUT2D eigenvalue weighted by atomic mass is 19.1. The molecule has 0 radical (unpaired) electrons. The number of alkyl halides is 1. The van der Waals surface area contributed by atoms with E-state index >= 15 is 0 Å². The number of nitrogens with one attached hydrogen (secondary N) is 1. The number of aryl methyl sites for hydroxylation is 2. The quantitative estimate of drug-likeness (QED) is 0.561. The Morgan fingerprint density at radius 1 is 1.19 bits per heavy atom. The molecule has 5 rings (SSSR count). The largest absolute Gasteiger partial charge is 0.486 e. The lowest BCUT2D eigenvalue weighted by Crippen LogP contribution is -2.47. The van der Waals surface area contributed by atoms with E-state index in [9.17, 15) is 9.18 Å². The molecule has 4 heterocycles. The van der Waals surface area contributed by atoms with Crippen LogP contribution in [0.15, 0.2) is 42.7 Å². The Labute approximate surface area is 209 Å². The molecule has 0 spiro atoms. The number of anilines is 1. The molecule has 1 aliphatic carbocycles. The molecule has 0 aromatic carbocycles. The fraction of sp³-hybridized carbons (Fsp3) is 0.423. The summed E-state index contributed by atoms with van der Waals surface area (Å²) in [5, 5.41) is 11.5. The maximum atomic E-state index is 15.0. The maximum absolute atomic E-state index is 15.0. The van der Waals surface area contributed by atoms with Crippen molar-refractivity contribution in [2.75, 3.05) is 25.1 Å². The summed E-state index contributed by atoms with van der Waals surface area (Å²) in [4.78, 5) is 23.2. The third-order valence-electron chi connectivity index (χ3n) is 6.69. The molecule has 3 aromatic rings. The predicted octanol–water partition coefficient (Wildman–Crippen LogP) is 2.87. The van der Waals surface area contributed by atoms with Crippen LogP contribution < -0.4 is 19.7 Å². The second kappa shape index (κ2) is 10.4. The first-order valence-corrected chi connectivity index (χ1v) is 12.1. The van der Waals surface area contributed by atoms with Crippen LogP contribution in [0.3, 0.4) is 0 Å². The summed E-state index contributed by atoms with van der Waals surface area (Å²) in [5.74, 6) is 1.30. The van der Waals surface area contributed by atoms with E-state index in [0.29, 0.717) is 30.4 Å². The van der Waals surface area contributed by atoms with Crippen molar-refractivity contribution in [1.29, 1.82) is 0 Å². The SMILES string of the molecule is COc1ccc(O[C@@H]2CCN(c3nnc(C(=O)NC4CCc5ncccc5C4)cc3C)C[C@@H]2F)cn1. The number of ether oxygens (including phenoxy) is 2. The van der Waals surface area contributed by atoms with Crippen LogP contribution in [0, 0.1) is 6.92 Å². The molecule has 10 heteroatoms. The second-order valence-corrected chi connectivity index (χ2v) is 9.20. The molecule has 36 heavy (non-hydrogen) atoms. The number of fused-ring (bicyclic) bond motifs is 1. The summed E-state index contributed by atoms with van der Waals surface area (Å²) in [6.07, 6.45) is 4.44. The van der Waals surface area contributed by atoms with E-state index < -0.39 is 12.3 Å². The number of amides is 1. The summed E-state index contributed by atoms with van der Waals surface area (Å²) in [7, 11) is 1.54. The number of methoxy groups -OCH3 is 1. The first kappa shape index (κ1) is 23.9. The molecule has 1 fully saturated rings. The van der Waals surface area contributed by atoms with Crippen LogP contribution in [-0.2, 0) is 12.8 Å². The summed E-state index contributed by atoms with van der Waals surface area (Å²) in [6.45, 7) is 2.55. The third kappa shape index (κ3) is 5.22. The van der Waals surface area contributed by atoms with Crippen LogP contribution in [0.25, 0.3) is 0 Å². The molecule has 188 valence electrons. The summed E-state index contributed by atoms with van der Waals surface area (Å²) < 4.78 is 25.8. The number of nitrogens with zero attached hydrogens (tertiary/aromatic N) is 5. The molecule has 0 bridgehead atoms. The molecule has 3 aromatic heterocycles. The number of piperidine rings is 1. The lowest BCUT2D eigenvalue weighted by molar-refractivity contribution is 0.0814. The summed E-state index contributed by atoms with van der Waals surface area (Å²) in [6, 6.07) is 9.12. The highest BCUT2D eigenvalue weighted by molar-refractivity contribution is 5.92. The van der Waals surface area contributed by atoms with Crippen LogP contribution in [0.2, 0.25) is 0 Å². The molecule has 1 N–H and O–H groups in total. The molecule has 3 atom stereocenters. The smallest absolute Gasteiger partial charge is 0.272 e. The van der Waals surface area contributed by atoms with E-state index in [-0.39, 0.29) is 24.2 Å². The fourth-order valence-electron chi connectivity index (χ4n) is 4.79. The van der Waals surface area contributed by atoms with Crippen LogP contribution >= 0.6 is 0 Å². The lowest BCUT2D eigenvalue weighted by Gasteiger charge is -2.35. The Kier molecular flexibility index (Phi) is 6.92. The molecule has 1 saturated heterocycles. The average molecular weight is 493 g/mol. The summed E-state index contributed by atoms with van der Waals surface area (Å²) >= 11 is 0. The van der Waals surface area contributed by atoms with Gasteiger partial charge in [-0.1, -0.05) is 6.07 Å². The minimum Gasteiger partial charge on any atom is -0.486 e. The molecular weight excluding hydrogens is 463 g/mol. The van der Waals surface area contributed by atoms with E-state index in [0.717, 1.165) is 30.5 Å². The topological polar surface area (TPSA) is 102 Å². The van der Waals surface area contributed by atoms with Crippen molar-refractivity contribution in [3.63, 3.8) is 0 Å². The van der Waals surface area contributed by atoms with Crippen LogP contribution in [0.1, 0.15) is 40.2 Å². The Morgan fingerprint density at radius 3 is 2.83 bits per heavy atom. The van der Waals surface area contributed by atoms with Gasteiger partial charge in [0.15, 0.2) is 17.7 Å². The van der Waals surface area contributed by atoms with E-state index in [4.69, 9.17) is 9.47 Å². The van der Waals surface area contributed by atoms with E-state index in [1.54, 1.807) is 24.4 Å². The van der Waals surface area contributed by atoms with Gasteiger partial charge in [-0.15, -0.1) is 10.2 Å². The Bertz CT molecular complexity index is 1220. The standard InChI is InChI=1S/C26H29FN6O3/c1-16-12-22(26(34)30-18-5-7-21-17(13-18)4-3-10-28-21)31-32-25(16)33-11-9-23(20(27)15-33)36-19-6-8-24(35-2)29-14-19/h3-4,6,8,10,12,14,18,20,23H,5,7,9,11,13,15H2,1-2H3,(H,30,34)/t18?,20-,23+/m0/s1. The normalized spacial score (nSPS) is 21.4. The number of hydrogen-bond acceptors (Lipinski definition) is 8. The number of aromatic nitrogens is 4. The molecular formula is C26H29FN6O3. The minimum atomic E-state index is -1.21. The van der Waals surface area contributed by atoms with Gasteiger partial charge in [0.05, 0.1) is 19.9 Å². The second-order valence-electron chi connectivity index (χ2n) is 9.20. The zero-order valence-corrected chi connectivity index (χ0v) is 20.4. The predicted molar refractivity (Wildman–Crippen MR) is 131 cm³/mol. The van der Waals surface area contributed by atoms with E-state index in [1.165, 1.54) is 18.9 Å². The van der Waals surface area contributed by atoms with Crippen molar-refractivity contribution in [2.45, 2.75) is 50.9 Å².